The van der Waals surface area contributed by atoms with Crippen LogP contribution in [0.3, 0.4) is 0 Å². The van der Waals surface area contributed by atoms with Gasteiger partial charge in [0.1, 0.15) is 0 Å². The zero-order valence-electron chi connectivity index (χ0n) is 9.35. The molecule has 94 valence electrons. The van der Waals surface area contributed by atoms with Gasteiger partial charge in [-0.3, -0.25) is 0 Å². The van der Waals surface area contributed by atoms with Crippen molar-refractivity contribution in [3.05, 3.63) is 34.7 Å². The number of anilines is 1. The van der Waals surface area contributed by atoms with Crippen LogP contribution in [0.4, 0.5) is 10.1 Å². The number of aromatic nitrogens is 2. The number of para-hydroxylation sites is 1. The smallest absolute Gasteiger partial charge is 0.325 e. The SMILES string of the molecule is COc1nc(Oc2c(N)cccc2F)ncc1Br. The summed E-state index contributed by atoms with van der Waals surface area (Å²) >= 11 is 3.20. The van der Waals surface area contributed by atoms with Crippen LogP contribution in [0.25, 0.3) is 0 Å². The number of nitrogens with two attached hydrogens (primary N) is 1. The molecule has 1 aromatic carbocycles. The van der Waals surface area contributed by atoms with Crippen molar-refractivity contribution < 1.29 is 13.9 Å². The van der Waals surface area contributed by atoms with Crippen molar-refractivity contribution in [3.8, 4) is 17.6 Å². The minimum absolute atomic E-state index is 0.0492. The Kier molecular flexibility index (Phi) is 3.61. The Morgan fingerprint density at radius 1 is 1.39 bits per heavy atom. The molecule has 1 aromatic heterocycles. The first-order chi connectivity index (χ1) is 8.61. The molecule has 7 heteroatoms. The first-order valence-electron chi connectivity index (χ1n) is 4.90. The van der Waals surface area contributed by atoms with Crippen LogP contribution in [0.1, 0.15) is 0 Å². The molecule has 0 unspecified atom stereocenters. The van der Waals surface area contributed by atoms with Gasteiger partial charge >= 0.3 is 6.01 Å². The normalized spacial score (nSPS) is 10.2. The van der Waals surface area contributed by atoms with Crippen molar-refractivity contribution >= 4 is 21.6 Å². The fourth-order valence-corrected chi connectivity index (χ4v) is 1.61. The first kappa shape index (κ1) is 12.6. The van der Waals surface area contributed by atoms with Gasteiger partial charge < -0.3 is 15.2 Å². The summed E-state index contributed by atoms with van der Waals surface area (Å²) in [6.07, 6.45) is 1.44. The van der Waals surface area contributed by atoms with Crippen LogP contribution in [-0.4, -0.2) is 17.1 Å². The second-order valence-electron chi connectivity index (χ2n) is 3.27. The van der Waals surface area contributed by atoms with E-state index in [1.165, 1.54) is 31.5 Å². The summed E-state index contributed by atoms with van der Waals surface area (Å²) in [5.41, 5.74) is 5.78. The van der Waals surface area contributed by atoms with Crippen LogP contribution >= 0.6 is 15.9 Å². The molecule has 0 saturated carbocycles. The highest BCUT2D eigenvalue weighted by molar-refractivity contribution is 9.10. The minimum atomic E-state index is -0.583. The van der Waals surface area contributed by atoms with Gasteiger partial charge in [0, 0.05) is 0 Å². The molecule has 2 N–H and O–H groups in total. The predicted molar refractivity (Wildman–Crippen MR) is 67.2 cm³/mol. The van der Waals surface area contributed by atoms with Gasteiger partial charge in [0.25, 0.3) is 0 Å². The molecular weight excluding hydrogens is 305 g/mol. The van der Waals surface area contributed by atoms with Gasteiger partial charge in [-0.05, 0) is 28.1 Å². The Balaban J connectivity index is 2.34. The fourth-order valence-electron chi connectivity index (χ4n) is 1.25. The molecule has 0 aliphatic heterocycles. The zero-order chi connectivity index (χ0) is 13.1. The van der Waals surface area contributed by atoms with Gasteiger partial charge in [-0.2, -0.15) is 4.98 Å². The van der Waals surface area contributed by atoms with Gasteiger partial charge in [0.15, 0.2) is 11.6 Å². The lowest BCUT2D eigenvalue weighted by Crippen LogP contribution is -1.99. The maximum Gasteiger partial charge on any atom is 0.325 e. The quantitative estimate of drug-likeness (QED) is 0.882. The molecule has 18 heavy (non-hydrogen) atoms. The summed E-state index contributed by atoms with van der Waals surface area (Å²) in [7, 11) is 1.45. The Morgan fingerprint density at radius 3 is 2.83 bits per heavy atom. The average Bonchev–Trinajstić information content (AvgIpc) is 2.36. The second-order valence-corrected chi connectivity index (χ2v) is 4.12. The molecule has 0 spiro atoms. The Labute approximate surface area is 111 Å². The lowest BCUT2D eigenvalue weighted by molar-refractivity contribution is 0.367. The number of benzene rings is 1. The molecule has 0 fully saturated rings. The molecule has 0 aliphatic carbocycles. The summed E-state index contributed by atoms with van der Waals surface area (Å²) in [5, 5.41) is 0. The molecule has 0 amide bonds. The van der Waals surface area contributed by atoms with Gasteiger partial charge in [0.05, 0.1) is 23.5 Å². The molecule has 0 saturated heterocycles. The molecule has 2 rings (SSSR count). The predicted octanol–water partition coefficient (Wildman–Crippen LogP) is 2.76. The van der Waals surface area contributed by atoms with E-state index in [1.54, 1.807) is 0 Å². The van der Waals surface area contributed by atoms with Crippen LogP contribution in [-0.2, 0) is 0 Å². The van der Waals surface area contributed by atoms with Crippen LogP contribution in [0.2, 0.25) is 0 Å². The number of rotatable bonds is 3. The van der Waals surface area contributed by atoms with E-state index in [0.29, 0.717) is 4.47 Å². The molecule has 0 radical (unpaired) electrons. The van der Waals surface area contributed by atoms with E-state index >= 15 is 0 Å². The third-order valence-corrected chi connectivity index (χ3v) is 2.62. The van der Waals surface area contributed by atoms with Crippen LogP contribution < -0.4 is 15.2 Å². The van der Waals surface area contributed by atoms with E-state index in [9.17, 15) is 4.39 Å². The van der Waals surface area contributed by atoms with Crippen LogP contribution in [0.5, 0.6) is 17.6 Å². The largest absolute Gasteiger partial charge is 0.480 e. The van der Waals surface area contributed by atoms with E-state index < -0.39 is 5.82 Å². The number of methoxy groups -OCH3 is 1. The number of halogens is 2. The van der Waals surface area contributed by atoms with Crippen molar-refractivity contribution in [2.75, 3.05) is 12.8 Å². The summed E-state index contributed by atoms with van der Waals surface area (Å²) < 4.78 is 24.3. The number of nitrogens with zero attached hydrogens (tertiary/aromatic N) is 2. The maximum atomic E-state index is 13.5. The van der Waals surface area contributed by atoms with Gasteiger partial charge in [-0.15, -0.1) is 0 Å². The van der Waals surface area contributed by atoms with E-state index in [4.69, 9.17) is 15.2 Å². The standard InChI is InChI=1S/C11H9BrFN3O2/c1-17-10-6(12)5-15-11(16-10)18-9-7(13)3-2-4-8(9)14/h2-5H,14H2,1H3. The number of ether oxygens (including phenoxy) is 2. The summed E-state index contributed by atoms with van der Waals surface area (Å²) in [4.78, 5) is 7.83. The highest BCUT2D eigenvalue weighted by Gasteiger charge is 2.12. The first-order valence-corrected chi connectivity index (χ1v) is 5.69. The van der Waals surface area contributed by atoms with Gasteiger partial charge in [-0.1, -0.05) is 6.07 Å². The lowest BCUT2D eigenvalue weighted by Gasteiger charge is -2.08. The van der Waals surface area contributed by atoms with Crippen molar-refractivity contribution in [1.29, 1.82) is 0 Å². The van der Waals surface area contributed by atoms with Crippen molar-refractivity contribution in [1.82, 2.24) is 9.97 Å². The third-order valence-electron chi connectivity index (χ3n) is 2.07. The Bertz CT molecular complexity index is 560. The van der Waals surface area contributed by atoms with Gasteiger partial charge in [0.2, 0.25) is 5.88 Å². The van der Waals surface area contributed by atoms with E-state index in [1.807, 2.05) is 0 Å². The van der Waals surface area contributed by atoms with Gasteiger partial charge in [-0.25, -0.2) is 9.37 Å². The topological polar surface area (TPSA) is 70.3 Å². The molecular formula is C11H9BrFN3O2. The van der Waals surface area contributed by atoms with E-state index in [-0.39, 0.29) is 23.3 Å². The average molecular weight is 314 g/mol. The zero-order valence-corrected chi connectivity index (χ0v) is 10.9. The van der Waals surface area contributed by atoms with Crippen molar-refractivity contribution in [2.45, 2.75) is 0 Å². The van der Waals surface area contributed by atoms with E-state index in [2.05, 4.69) is 25.9 Å². The van der Waals surface area contributed by atoms with Crippen molar-refractivity contribution in [2.24, 2.45) is 0 Å². The summed E-state index contributed by atoms with van der Waals surface area (Å²) in [6, 6.07) is 4.20. The molecule has 0 bridgehead atoms. The molecule has 0 aliphatic rings. The third kappa shape index (κ3) is 2.51. The second kappa shape index (κ2) is 5.18. The summed E-state index contributed by atoms with van der Waals surface area (Å²) in [6.45, 7) is 0. The minimum Gasteiger partial charge on any atom is -0.480 e. The molecule has 5 nitrogen and oxygen atoms in total. The Morgan fingerprint density at radius 2 is 2.17 bits per heavy atom. The highest BCUT2D eigenvalue weighted by Crippen LogP contribution is 2.30. The monoisotopic (exact) mass is 313 g/mol. The molecule has 0 atom stereocenters. The molecule has 2 aromatic rings. The lowest BCUT2D eigenvalue weighted by atomic mass is 10.3. The van der Waals surface area contributed by atoms with Crippen LogP contribution in [0, 0.1) is 5.82 Å². The number of nitrogen functional groups attached to an aromatic ring is 1. The van der Waals surface area contributed by atoms with E-state index in [0.717, 1.165) is 0 Å². The molecule has 1 heterocycles. The van der Waals surface area contributed by atoms with Crippen LogP contribution in [0.15, 0.2) is 28.9 Å². The highest BCUT2D eigenvalue weighted by atomic mass is 79.9. The maximum absolute atomic E-state index is 13.5. The summed E-state index contributed by atoms with van der Waals surface area (Å²) in [5.74, 6) is -0.405. The van der Waals surface area contributed by atoms with Crippen molar-refractivity contribution in [3.63, 3.8) is 0 Å². The Hall–Kier alpha value is -1.89. The fraction of sp³-hybridized carbons (Fsp3) is 0.0909. The number of hydrogen-bond donors (Lipinski definition) is 1. The number of hydrogen-bond acceptors (Lipinski definition) is 5.